The average molecular weight is 462 g/mol. The summed E-state index contributed by atoms with van der Waals surface area (Å²) in [6.45, 7) is 3.17. The number of nitro benzene ring substituents is 1. The number of nitrogens with one attached hydrogen (secondary N) is 1. The van der Waals surface area contributed by atoms with Gasteiger partial charge in [-0.1, -0.05) is 17.3 Å². The van der Waals surface area contributed by atoms with E-state index in [4.69, 9.17) is 9.26 Å². The highest BCUT2D eigenvalue weighted by molar-refractivity contribution is 6.03. The van der Waals surface area contributed by atoms with E-state index in [0.717, 1.165) is 5.56 Å². The topological polar surface area (TPSA) is 155 Å². The smallest absolute Gasteiger partial charge is 0.359 e. The Morgan fingerprint density at radius 1 is 1.18 bits per heavy atom. The van der Waals surface area contributed by atoms with Crippen molar-refractivity contribution in [1.29, 1.82) is 0 Å². The van der Waals surface area contributed by atoms with Crippen LogP contribution < -0.4 is 5.32 Å². The monoisotopic (exact) mass is 462 g/mol. The van der Waals surface area contributed by atoms with Crippen LogP contribution in [0.25, 0.3) is 28.7 Å². The van der Waals surface area contributed by atoms with Gasteiger partial charge in [-0.3, -0.25) is 14.9 Å². The molecule has 0 unspecified atom stereocenters. The van der Waals surface area contributed by atoms with Crippen molar-refractivity contribution in [3.8, 4) is 28.7 Å². The van der Waals surface area contributed by atoms with E-state index < -0.39 is 16.8 Å². The molecule has 0 aliphatic carbocycles. The number of rotatable bonds is 6. The number of carbonyl (C=O) groups is 2. The molecule has 34 heavy (non-hydrogen) atoms. The molecule has 0 fully saturated rings. The van der Waals surface area contributed by atoms with E-state index in [1.54, 1.807) is 18.2 Å². The van der Waals surface area contributed by atoms with E-state index in [2.05, 4.69) is 20.6 Å². The van der Waals surface area contributed by atoms with Gasteiger partial charge in [0.05, 0.1) is 17.7 Å². The van der Waals surface area contributed by atoms with Crippen molar-refractivity contribution in [2.45, 2.75) is 13.8 Å². The second-order valence-electron chi connectivity index (χ2n) is 7.22. The maximum atomic E-state index is 12.7. The van der Waals surface area contributed by atoms with Gasteiger partial charge in [0, 0.05) is 24.6 Å². The molecule has 4 rings (SSSR count). The molecule has 12 nitrogen and oxygen atoms in total. The Bertz CT molecular complexity index is 1410. The van der Waals surface area contributed by atoms with Crippen LogP contribution in [0.15, 0.2) is 53.1 Å². The Kier molecular flexibility index (Phi) is 5.87. The fourth-order valence-electron chi connectivity index (χ4n) is 3.26. The second-order valence-corrected chi connectivity index (χ2v) is 7.22. The third kappa shape index (κ3) is 4.24. The molecule has 0 saturated carbocycles. The Balaban J connectivity index is 1.87. The maximum Gasteiger partial charge on any atom is 0.359 e. The maximum absolute atomic E-state index is 12.7. The van der Waals surface area contributed by atoms with Gasteiger partial charge in [0.2, 0.25) is 11.7 Å². The van der Waals surface area contributed by atoms with Gasteiger partial charge in [0.15, 0.2) is 11.4 Å². The fraction of sp³-hybridized carbons (Fsp3) is 0.136. The summed E-state index contributed by atoms with van der Waals surface area (Å²) in [5, 5.41) is 21.9. The van der Waals surface area contributed by atoms with Crippen molar-refractivity contribution in [2.75, 3.05) is 12.4 Å². The van der Waals surface area contributed by atoms with E-state index in [1.807, 2.05) is 13.0 Å². The molecule has 172 valence electrons. The number of methoxy groups -OCH3 is 1. The van der Waals surface area contributed by atoms with Gasteiger partial charge < -0.3 is 14.6 Å². The number of non-ortho nitro benzene ring substituents is 1. The number of aromatic nitrogens is 4. The van der Waals surface area contributed by atoms with Crippen molar-refractivity contribution in [1.82, 2.24) is 19.9 Å². The van der Waals surface area contributed by atoms with Crippen LogP contribution in [-0.2, 0) is 9.53 Å². The number of hydrogen-bond donors (Lipinski definition) is 1. The molecule has 0 aliphatic rings. The van der Waals surface area contributed by atoms with Crippen molar-refractivity contribution < 1.29 is 23.8 Å². The molecule has 1 amide bonds. The molecule has 12 heteroatoms. The van der Waals surface area contributed by atoms with Crippen LogP contribution in [0.1, 0.15) is 23.0 Å². The lowest BCUT2D eigenvalue weighted by atomic mass is 10.2. The first-order valence-corrected chi connectivity index (χ1v) is 9.93. The van der Waals surface area contributed by atoms with Crippen LogP contribution in [0.5, 0.6) is 0 Å². The van der Waals surface area contributed by atoms with Gasteiger partial charge in [-0.05, 0) is 36.8 Å². The molecule has 0 aliphatic heterocycles. The van der Waals surface area contributed by atoms with Gasteiger partial charge in [0.1, 0.15) is 5.69 Å². The van der Waals surface area contributed by atoms with Crippen LogP contribution in [0.2, 0.25) is 0 Å². The number of amides is 1. The Morgan fingerprint density at radius 3 is 2.53 bits per heavy atom. The lowest BCUT2D eigenvalue weighted by molar-refractivity contribution is -0.384. The average Bonchev–Trinajstić information content (AvgIpc) is 3.43. The molecule has 2 aromatic carbocycles. The van der Waals surface area contributed by atoms with Crippen LogP contribution >= 0.6 is 0 Å². The predicted octanol–water partition coefficient (Wildman–Crippen LogP) is 3.55. The molecule has 2 heterocycles. The van der Waals surface area contributed by atoms with Crippen molar-refractivity contribution in [3.05, 3.63) is 69.9 Å². The highest BCUT2D eigenvalue weighted by atomic mass is 16.6. The minimum Gasteiger partial charge on any atom is -0.464 e. The summed E-state index contributed by atoms with van der Waals surface area (Å²) in [7, 11) is 1.22. The zero-order valence-electron chi connectivity index (χ0n) is 18.3. The van der Waals surface area contributed by atoms with Crippen LogP contribution in [-0.4, -0.2) is 43.8 Å². The molecule has 0 saturated heterocycles. The second kappa shape index (κ2) is 8.94. The Morgan fingerprint density at radius 2 is 1.91 bits per heavy atom. The molecule has 0 radical (unpaired) electrons. The zero-order valence-corrected chi connectivity index (χ0v) is 18.3. The van der Waals surface area contributed by atoms with Crippen molar-refractivity contribution in [2.24, 2.45) is 0 Å². The first kappa shape index (κ1) is 22.3. The van der Waals surface area contributed by atoms with Gasteiger partial charge in [-0.2, -0.15) is 10.1 Å². The number of nitro groups is 1. The Labute approximate surface area is 192 Å². The van der Waals surface area contributed by atoms with Crippen LogP contribution in [0, 0.1) is 17.0 Å². The highest BCUT2D eigenvalue weighted by Gasteiger charge is 2.29. The summed E-state index contributed by atoms with van der Waals surface area (Å²) in [4.78, 5) is 39.3. The summed E-state index contributed by atoms with van der Waals surface area (Å²) in [6, 6.07) is 12.8. The summed E-state index contributed by atoms with van der Waals surface area (Å²) >= 11 is 0. The lowest BCUT2D eigenvalue weighted by Crippen LogP contribution is -2.15. The summed E-state index contributed by atoms with van der Waals surface area (Å²) in [5.74, 6) is -1.12. The minimum absolute atomic E-state index is 0.00587. The highest BCUT2D eigenvalue weighted by Crippen LogP contribution is 2.33. The molecule has 0 atom stereocenters. The third-order valence-electron chi connectivity index (χ3n) is 4.77. The molecular weight excluding hydrogens is 444 g/mol. The van der Waals surface area contributed by atoms with Gasteiger partial charge >= 0.3 is 5.97 Å². The number of aryl methyl sites for hydroxylation is 1. The first-order chi connectivity index (χ1) is 16.3. The van der Waals surface area contributed by atoms with Crippen LogP contribution in [0.3, 0.4) is 0 Å². The molecule has 0 spiro atoms. The standard InChI is InChI=1S/C22H18N6O6/c1-12-5-4-6-16(11-12)27-19(22(30)33-3)17(23-13(2)29)18(25-27)20-24-21(34-26-20)14-7-9-15(10-8-14)28(31)32/h4-11H,1-3H3,(H,23,29). The van der Waals surface area contributed by atoms with E-state index in [9.17, 15) is 19.7 Å². The summed E-state index contributed by atoms with van der Waals surface area (Å²) in [5.41, 5.74) is 1.93. The largest absolute Gasteiger partial charge is 0.464 e. The van der Waals surface area contributed by atoms with Crippen molar-refractivity contribution >= 4 is 23.3 Å². The molecule has 4 aromatic rings. The number of esters is 1. The number of benzene rings is 2. The fourth-order valence-corrected chi connectivity index (χ4v) is 3.26. The number of anilines is 1. The summed E-state index contributed by atoms with van der Waals surface area (Å²) < 4.78 is 11.6. The SMILES string of the molecule is COC(=O)c1c(NC(C)=O)c(-c2noc(-c3ccc([N+](=O)[O-])cc3)n2)nn1-c1cccc(C)c1. The third-order valence-corrected chi connectivity index (χ3v) is 4.77. The van der Waals surface area contributed by atoms with Gasteiger partial charge in [0.25, 0.3) is 11.6 Å². The molecular formula is C22H18N6O6. The van der Waals surface area contributed by atoms with Crippen LogP contribution in [0.4, 0.5) is 11.4 Å². The number of nitrogens with zero attached hydrogens (tertiary/aromatic N) is 5. The minimum atomic E-state index is -0.733. The first-order valence-electron chi connectivity index (χ1n) is 9.93. The van der Waals surface area contributed by atoms with E-state index in [1.165, 1.54) is 43.0 Å². The normalized spacial score (nSPS) is 10.7. The number of ether oxygens (including phenoxy) is 1. The number of hydrogen-bond acceptors (Lipinski definition) is 9. The molecule has 1 N–H and O–H groups in total. The van der Waals surface area contributed by atoms with E-state index >= 15 is 0 Å². The summed E-state index contributed by atoms with van der Waals surface area (Å²) in [6.07, 6.45) is 0. The lowest BCUT2D eigenvalue weighted by Gasteiger charge is -2.08. The zero-order chi connectivity index (χ0) is 24.4. The Hall–Kier alpha value is -4.87. The van der Waals surface area contributed by atoms with E-state index in [0.29, 0.717) is 11.3 Å². The van der Waals surface area contributed by atoms with Gasteiger partial charge in [-0.25, -0.2) is 9.48 Å². The van der Waals surface area contributed by atoms with Crippen molar-refractivity contribution in [3.63, 3.8) is 0 Å². The predicted molar refractivity (Wildman–Crippen MR) is 119 cm³/mol. The quantitative estimate of drug-likeness (QED) is 0.257. The van der Waals surface area contributed by atoms with E-state index in [-0.39, 0.29) is 34.5 Å². The number of carbonyl (C=O) groups excluding carboxylic acids is 2. The molecule has 2 aromatic heterocycles. The van der Waals surface area contributed by atoms with Gasteiger partial charge in [-0.15, -0.1) is 0 Å². The molecule has 0 bridgehead atoms.